The van der Waals surface area contributed by atoms with Crippen molar-refractivity contribution in [3.8, 4) is 0 Å². The van der Waals surface area contributed by atoms with E-state index in [2.05, 4.69) is 0 Å². The molecule has 0 fully saturated rings. The van der Waals surface area contributed by atoms with Crippen LogP contribution in [0.4, 0.5) is 0 Å². The summed E-state index contributed by atoms with van der Waals surface area (Å²) >= 11 is 0. The summed E-state index contributed by atoms with van der Waals surface area (Å²) in [6.07, 6.45) is 4.17. The van der Waals surface area contributed by atoms with Crippen LogP contribution in [0.1, 0.15) is 6.42 Å². The van der Waals surface area contributed by atoms with Crippen molar-refractivity contribution in [2.75, 3.05) is 21.3 Å². The van der Waals surface area contributed by atoms with Crippen molar-refractivity contribution in [3.63, 3.8) is 0 Å². The van der Waals surface area contributed by atoms with E-state index in [1.54, 1.807) is 6.08 Å². The molecule has 0 atom stereocenters. The van der Waals surface area contributed by atoms with E-state index in [4.69, 9.17) is 13.3 Å². The maximum absolute atomic E-state index is 9.53. The average Bonchev–Trinajstić information content (AvgIpc) is 2.57. The molecule has 0 aliphatic heterocycles. The fraction of sp³-hybridized carbons (Fsp3) is 0.500. The molecule has 0 aromatic heterocycles. The lowest BCUT2D eigenvalue weighted by atomic mass is 10.4. The van der Waals surface area contributed by atoms with Gasteiger partial charge >= 0.3 is 8.80 Å². The third-order valence-corrected chi connectivity index (χ3v) is 4.77. The summed E-state index contributed by atoms with van der Waals surface area (Å²) in [4.78, 5) is 0. The van der Waals surface area contributed by atoms with Crippen LogP contribution in [-0.4, -0.2) is 35.2 Å². The van der Waals surface area contributed by atoms with Crippen LogP contribution in [0, 0.1) is 0 Å². The number of aliphatic hydroxyl groups excluding tert-OH is 1. The van der Waals surface area contributed by atoms with Crippen LogP contribution in [0.5, 0.6) is 0 Å². The molecule has 0 saturated carbocycles. The first-order chi connectivity index (χ1) is 6.20. The summed E-state index contributed by atoms with van der Waals surface area (Å²) in [6, 6.07) is 0. The van der Waals surface area contributed by atoms with Crippen LogP contribution < -0.4 is 0 Å². The molecule has 5 heteroatoms. The first-order valence-electron chi connectivity index (χ1n) is 3.94. The number of rotatable bonds is 4. The van der Waals surface area contributed by atoms with Gasteiger partial charge < -0.3 is 18.4 Å². The van der Waals surface area contributed by atoms with E-state index in [-0.39, 0.29) is 5.76 Å². The van der Waals surface area contributed by atoms with Crippen molar-refractivity contribution >= 4 is 8.80 Å². The van der Waals surface area contributed by atoms with Crippen molar-refractivity contribution in [1.82, 2.24) is 0 Å². The fourth-order valence-electron chi connectivity index (χ4n) is 1.35. The smallest absolute Gasteiger partial charge is 0.512 e. The van der Waals surface area contributed by atoms with E-state index in [0.29, 0.717) is 11.6 Å². The Bertz CT molecular complexity index is 234. The lowest BCUT2D eigenvalue weighted by Crippen LogP contribution is -2.45. The molecule has 13 heavy (non-hydrogen) atoms. The Labute approximate surface area is 78.8 Å². The lowest BCUT2D eigenvalue weighted by molar-refractivity contribution is 0.134. The van der Waals surface area contributed by atoms with E-state index < -0.39 is 8.80 Å². The SMILES string of the molecule is CO[Si](OC)(OC)C1=C(O)CC=C1. The summed E-state index contributed by atoms with van der Waals surface area (Å²) < 4.78 is 15.6. The van der Waals surface area contributed by atoms with Crippen LogP contribution in [0.25, 0.3) is 0 Å². The fourth-order valence-corrected chi connectivity index (χ4v) is 3.29. The summed E-state index contributed by atoms with van der Waals surface area (Å²) in [6.45, 7) is 0. The van der Waals surface area contributed by atoms with Gasteiger partial charge in [-0.3, -0.25) is 0 Å². The largest absolute Gasteiger partial charge is 0.539 e. The van der Waals surface area contributed by atoms with Gasteiger partial charge in [0.2, 0.25) is 0 Å². The normalized spacial score (nSPS) is 17.2. The lowest BCUT2D eigenvalue weighted by Gasteiger charge is -2.24. The topological polar surface area (TPSA) is 47.9 Å². The summed E-state index contributed by atoms with van der Waals surface area (Å²) in [5.41, 5.74) is 0. The molecule has 0 radical (unpaired) electrons. The van der Waals surface area contributed by atoms with E-state index >= 15 is 0 Å². The molecule has 0 aromatic carbocycles. The van der Waals surface area contributed by atoms with E-state index in [9.17, 15) is 5.11 Å². The Balaban J connectivity index is 2.99. The van der Waals surface area contributed by atoms with Crippen molar-refractivity contribution < 1.29 is 18.4 Å². The van der Waals surface area contributed by atoms with Gasteiger partial charge in [0.05, 0.1) is 5.20 Å². The number of hydrogen-bond donors (Lipinski definition) is 1. The standard InChI is InChI=1S/C8H14O4Si/c1-10-13(11-2,12-3)8-6-4-5-7(8)9/h4,6,9H,5H2,1-3H3. The molecule has 1 rings (SSSR count). The van der Waals surface area contributed by atoms with Gasteiger partial charge in [-0.05, 0) is 0 Å². The molecular weight excluding hydrogens is 188 g/mol. The molecule has 1 aliphatic rings. The average molecular weight is 202 g/mol. The van der Waals surface area contributed by atoms with Gasteiger partial charge in [0.25, 0.3) is 0 Å². The summed E-state index contributed by atoms with van der Waals surface area (Å²) in [7, 11) is 1.75. The van der Waals surface area contributed by atoms with Crippen molar-refractivity contribution in [2.24, 2.45) is 0 Å². The van der Waals surface area contributed by atoms with Crippen LogP contribution in [0.2, 0.25) is 0 Å². The molecule has 4 nitrogen and oxygen atoms in total. The van der Waals surface area contributed by atoms with Crippen molar-refractivity contribution in [1.29, 1.82) is 0 Å². The highest BCUT2D eigenvalue weighted by molar-refractivity contribution is 6.69. The van der Waals surface area contributed by atoms with E-state index in [1.807, 2.05) is 6.08 Å². The Kier molecular flexibility index (Phi) is 3.26. The van der Waals surface area contributed by atoms with Gasteiger partial charge in [-0.15, -0.1) is 0 Å². The molecule has 0 heterocycles. The zero-order chi connectivity index (χ0) is 9.90. The second-order valence-corrected chi connectivity index (χ2v) is 5.51. The molecule has 0 bridgehead atoms. The summed E-state index contributed by atoms with van der Waals surface area (Å²) in [5.74, 6) is 0.275. The van der Waals surface area contributed by atoms with Gasteiger partial charge in [-0.1, -0.05) is 12.2 Å². The highest BCUT2D eigenvalue weighted by atomic mass is 28.4. The first kappa shape index (κ1) is 10.5. The number of aliphatic hydroxyl groups is 1. The Morgan fingerprint density at radius 1 is 1.23 bits per heavy atom. The maximum atomic E-state index is 9.53. The molecule has 1 N–H and O–H groups in total. The van der Waals surface area contributed by atoms with E-state index in [0.717, 1.165) is 0 Å². The third kappa shape index (κ3) is 1.68. The number of hydrogen-bond acceptors (Lipinski definition) is 4. The van der Waals surface area contributed by atoms with Crippen LogP contribution in [-0.2, 0) is 13.3 Å². The Hall–Kier alpha value is -0.623. The second-order valence-electron chi connectivity index (χ2n) is 2.64. The molecule has 1 aliphatic carbocycles. The predicted molar refractivity (Wildman–Crippen MR) is 50.2 cm³/mol. The van der Waals surface area contributed by atoms with Crippen LogP contribution >= 0.6 is 0 Å². The zero-order valence-corrected chi connectivity index (χ0v) is 9.03. The minimum Gasteiger partial charge on any atom is -0.512 e. The van der Waals surface area contributed by atoms with Crippen LogP contribution in [0.3, 0.4) is 0 Å². The minimum atomic E-state index is -2.80. The Morgan fingerprint density at radius 2 is 1.77 bits per heavy atom. The molecule has 74 valence electrons. The maximum Gasteiger partial charge on any atom is 0.539 e. The predicted octanol–water partition coefficient (Wildman–Crippen LogP) is 1.18. The van der Waals surface area contributed by atoms with Gasteiger partial charge in [-0.25, -0.2) is 0 Å². The highest BCUT2D eigenvalue weighted by Crippen LogP contribution is 2.27. The second kappa shape index (κ2) is 4.06. The number of allylic oxidation sites excluding steroid dienone is 3. The molecule has 0 aromatic rings. The highest BCUT2D eigenvalue weighted by Gasteiger charge is 2.44. The molecule has 0 amide bonds. The summed E-state index contributed by atoms with van der Waals surface area (Å²) in [5, 5.41) is 10.2. The van der Waals surface area contributed by atoms with E-state index in [1.165, 1.54) is 21.3 Å². The molecular formula is C8H14O4Si. The third-order valence-electron chi connectivity index (χ3n) is 2.04. The van der Waals surface area contributed by atoms with Gasteiger partial charge in [-0.2, -0.15) is 0 Å². The monoisotopic (exact) mass is 202 g/mol. The first-order valence-corrected chi connectivity index (χ1v) is 5.67. The molecule has 0 saturated heterocycles. The minimum absolute atomic E-state index is 0.275. The van der Waals surface area contributed by atoms with Gasteiger partial charge in [0, 0.05) is 27.8 Å². The molecule has 0 spiro atoms. The quantitative estimate of drug-likeness (QED) is 0.695. The molecule has 0 unspecified atom stereocenters. The van der Waals surface area contributed by atoms with Crippen molar-refractivity contribution in [3.05, 3.63) is 23.1 Å². The van der Waals surface area contributed by atoms with Gasteiger partial charge in [0.15, 0.2) is 0 Å². The zero-order valence-electron chi connectivity index (χ0n) is 8.03. The van der Waals surface area contributed by atoms with Crippen molar-refractivity contribution in [2.45, 2.75) is 6.42 Å². The van der Waals surface area contributed by atoms with Crippen LogP contribution in [0.15, 0.2) is 23.1 Å². The van der Waals surface area contributed by atoms with Gasteiger partial charge in [0.1, 0.15) is 5.76 Å². The Morgan fingerprint density at radius 3 is 2.08 bits per heavy atom.